The van der Waals surface area contributed by atoms with E-state index in [1.807, 2.05) is 0 Å². The molecule has 7 nitrogen and oxygen atoms in total. The molecule has 1 aliphatic heterocycles. The smallest absolute Gasteiger partial charge is 0.326 e. The largest absolute Gasteiger partial charge is 0.506 e. The van der Waals surface area contributed by atoms with Crippen molar-refractivity contribution in [2.75, 3.05) is 10.8 Å². The highest BCUT2D eigenvalue weighted by atomic mass is 32.2. The predicted octanol–water partition coefficient (Wildman–Crippen LogP) is 0.358. The topological polar surface area (TPSA) is 107 Å². The zero-order valence-electron chi connectivity index (χ0n) is 11.1. The van der Waals surface area contributed by atoms with Gasteiger partial charge in [0.2, 0.25) is 0 Å². The third kappa shape index (κ3) is 2.14. The summed E-state index contributed by atoms with van der Waals surface area (Å²) in [7, 11) is -4.23. The number of hydrogen-bond donors (Lipinski definition) is 3. The first-order valence-corrected chi connectivity index (χ1v) is 7.66. The Morgan fingerprint density at radius 3 is 2.64 bits per heavy atom. The van der Waals surface area contributed by atoms with Crippen LogP contribution in [-0.2, 0) is 21.6 Å². The predicted molar refractivity (Wildman–Crippen MR) is 75.9 cm³/mol. The normalized spacial score (nSPS) is 17.0. The van der Waals surface area contributed by atoms with E-state index < -0.39 is 39.9 Å². The average Bonchev–Trinajstić information content (AvgIpc) is 2.71. The molecule has 1 aliphatic rings. The summed E-state index contributed by atoms with van der Waals surface area (Å²) in [5.74, 6) is -2.39. The van der Waals surface area contributed by atoms with Crippen molar-refractivity contribution in [1.82, 2.24) is 4.72 Å². The molecule has 0 bridgehead atoms. The van der Waals surface area contributed by atoms with Crippen LogP contribution in [0.3, 0.4) is 0 Å². The van der Waals surface area contributed by atoms with E-state index in [-0.39, 0.29) is 12.0 Å². The van der Waals surface area contributed by atoms with Gasteiger partial charge in [-0.25, -0.2) is 13.4 Å². The lowest BCUT2D eigenvalue weighted by Crippen LogP contribution is -2.30. The molecule has 1 amide bonds. The Kier molecular flexibility index (Phi) is 3.18. The summed E-state index contributed by atoms with van der Waals surface area (Å²) in [6, 6.07) is 5.60. The highest BCUT2D eigenvalue weighted by molar-refractivity contribution is 7.92. The molecule has 0 aliphatic carbocycles. The second-order valence-corrected chi connectivity index (χ2v) is 6.40. The summed E-state index contributed by atoms with van der Waals surface area (Å²) in [5, 5.41) is 19.4. The highest BCUT2D eigenvalue weighted by Crippen LogP contribution is 2.38. The summed E-state index contributed by atoms with van der Waals surface area (Å²) in [6.07, 6.45) is 0. The number of anilines is 1. The average molecular weight is 326 g/mol. The highest BCUT2D eigenvalue weighted by Gasteiger charge is 2.37. The van der Waals surface area contributed by atoms with E-state index >= 15 is 0 Å². The van der Waals surface area contributed by atoms with Gasteiger partial charge < -0.3 is 10.2 Å². The van der Waals surface area contributed by atoms with Crippen molar-refractivity contribution < 1.29 is 27.8 Å². The maximum absolute atomic E-state index is 14.7. The number of phenolic OH excluding ortho intramolecular Hbond substituents is 1. The Bertz CT molecular complexity index is 897. The van der Waals surface area contributed by atoms with Crippen molar-refractivity contribution in [3.05, 3.63) is 35.6 Å². The Morgan fingerprint density at radius 1 is 1.32 bits per heavy atom. The Labute approximate surface area is 124 Å². The van der Waals surface area contributed by atoms with Crippen LogP contribution < -0.4 is 9.03 Å². The van der Waals surface area contributed by atoms with E-state index in [0.717, 1.165) is 0 Å². The molecule has 0 aromatic heterocycles. The number of halogens is 1. The summed E-state index contributed by atoms with van der Waals surface area (Å²) < 4.78 is 40.5. The minimum absolute atomic E-state index is 0.0360. The van der Waals surface area contributed by atoms with E-state index in [2.05, 4.69) is 0 Å². The van der Waals surface area contributed by atoms with Crippen LogP contribution in [0, 0.1) is 5.82 Å². The number of aliphatic hydroxyl groups is 1. The van der Waals surface area contributed by atoms with Gasteiger partial charge in [-0.2, -0.15) is 8.42 Å². The lowest BCUT2D eigenvalue weighted by Gasteiger charge is -2.18. The van der Waals surface area contributed by atoms with E-state index in [9.17, 15) is 22.7 Å². The molecule has 1 fully saturated rings. The van der Waals surface area contributed by atoms with Crippen molar-refractivity contribution >= 4 is 32.6 Å². The van der Waals surface area contributed by atoms with Gasteiger partial charge in [-0.1, -0.05) is 12.1 Å². The number of benzene rings is 2. The van der Waals surface area contributed by atoms with Crippen molar-refractivity contribution in [2.24, 2.45) is 0 Å². The number of nitrogens with one attached hydrogen (secondary N) is 1. The Hall–Kier alpha value is -2.39. The van der Waals surface area contributed by atoms with Gasteiger partial charge in [-0.15, -0.1) is 0 Å². The third-order valence-corrected chi connectivity index (χ3v) is 4.73. The Balaban J connectivity index is 2.28. The first-order valence-electron chi connectivity index (χ1n) is 6.22. The first kappa shape index (κ1) is 14.5. The van der Waals surface area contributed by atoms with Crippen molar-refractivity contribution in [3.63, 3.8) is 0 Å². The first-order chi connectivity index (χ1) is 10.3. The monoisotopic (exact) mass is 326 g/mol. The van der Waals surface area contributed by atoms with Crippen molar-refractivity contribution in [1.29, 1.82) is 0 Å². The maximum atomic E-state index is 14.7. The molecule has 2 aromatic rings. The van der Waals surface area contributed by atoms with Gasteiger partial charge in [0.15, 0.2) is 5.82 Å². The minimum atomic E-state index is -4.23. The molecule has 0 radical (unpaired) electrons. The number of carbonyl (C=O) groups is 1. The molecular weight excluding hydrogens is 315 g/mol. The second-order valence-electron chi connectivity index (χ2n) is 4.81. The third-order valence-electron chi connectivity index (χ3n) is 3.35. The zero-order valence-corrected chi connectivity index (χ0v) is 11.9. The molecule has 2 aromatic carbocycles. The van der Waals surface area contributed by atoms with Crippen LogP contribution >= 0.6 is 0 Å². The molecule has 3 N–H and O–H groups in total. The molecule has 9 heteroatoms. The van der Waals surface area contributed by atoms with E-state index in [4.69, 9.17) is 5.11 Å². The van der Waals surface area contributed by atoms with Crippen LogP contribution in [-0.4, -0.2) is 31.1 Å². The summed E-state index contributed by atoms with van der Waals surface area (Å²) in [4.78, 5) is 11.3. The van der Waals surface area contributed by atoms with Crippen LogP contribution in [0.1, 0.15) is 5.56 Å². The molecule has 116 valence electrons. The van der Waals surface area contributed by atoms with Gasteiger partial charge in [0.1, 0.15) is 18.0 Å². The fraction of sp³-hybridized carbons (Fsp3) is 0.154. The number of carbonyl (C=O) groups excluding carboxylic acids is 1. The van der Waals surface area contributed by atoms with Crippen LogP contribution in [0.15, 0.2) is 24.3 Å². The second kappa shape index (κ2) is 4.82. The maximum Gasteiger partial charge on any atom is 0.326 e. The van der Waals surface area contributed by atoms with Gasteiger partial charge in [-0.05, 0) is 23.1 Å². The van der Waals surface area contributed by atoms with Gasteiger partial charge in [-0.3, -0.25) is 4.79 Å². The molecule has 0 spiro atoms. The number of aromatic hydroxyl groups is 1. The van der Waals surface area contributed by atoms with Crippen molar-refractivity contribution in [2.45, 2.75) is 6.61 Å². The van der Waals surface area contributed by atoms with E-state index in [1.54, 1.807) is 10.8 Å². The van der Waals surface area contributed by atoms with Gasteiger partial charge >= 0.3 is 10.2 Å². The number of hydrogen-bond acceptors (Lipinski definition) is 5. The number of phenols is 1. The molecule has 3 rings (SSSR count). The molecular formula is C13H11FN2O5S. The molecule has 0 saturated carbocycles. The molecule has 1 saturated heterocycles. The Morgan fingerprint density at radius 2 is 2.05 bits per heavy atom. The molecule has 22 heavy (non-hydrogen) atoms. The quantitative estimate of drug-likeness (QED) is 0.738. The number of amides is 1. The SMILES string of the molecule is O=C1CN(c2c(O)cc3ccc(CO)cc3c2F)S(=O)(=O)N1. The minimum Gasteiger partial charge on any atom is -0.506 e. The van der Waals surface area contributed by atoms with Crippen molar-refractivity contribution in [3.8, 4) is 5.75 Å². The lowest BCUT2D eigenvalue weighted by molar-refractivity contribution is -0.117. The molecule has 1 heterocycles. The molecule has 0 unspecified atom stereocenters. The number of fused-ring (bicyclic) bond motifs is 1. The van der Waals surface area contributed by atoms with Crippen LogP contribution in [0.2, 0.25) is 0 Å². The van der Waals surface area contributed by atoms with Crippen LogP contribution in [0.4, 0.5) is 10.1 Å². The fourth-order valence-electron chi connectivity index (χ4n) is 2.36. The summed E-state index contributed by atoms with van der Waals surface area (Å²) in [6.45, 7) is -0.925. The number of nitrogens with zero attached hydrogens (tertiary/aromatic N) is 1. The summed E-state index contributed by atoms with van der Waals surface area (Å²) >= 11 is 0. The zero-order chi connectivity index (χ0) is 16.1. The van der Waals surface area contributed by atoms with Gasteiger partial charge in [0.25, 0.3) is 5.91 Å². The molecule has 0 atom stereocenters. The van der Waals surface area contributed by atoms with Crippen LogP contribution in [0.25, 0.3) is 10.8 Å². The standard InChI is InChI=1S/C13H11FN2O5S/c14-12-9-3-7(6-17)1-2-8(9)4-10(18)13(12)16-5-11(19)15-22(16,20)21/h1-4,17-18H,5-6H2,(H,15,19). The number of rotatable bonds is 2. The lowest BCUT2D eigenvalue weighted by atomic mass is 10.0. The van der Waals surface area contributed by atoms with Crippen LogP contribution in [0.5, 0.6) is 5.75 Å². The van der Waals surface area contributed by atoms with E-state index in [1.165, 1.54) is 18.2 Å². The van der Waals surface area contributed by atoms with Gasteiger partial charge in [0, 0.05) is 5.39 Å². The fourth-order valence-corrected chi connectivity index (χ4v) is 3.52. The summed E-state index contributed by atoms with van der Waals surface area (Å²) in [5.41, 5.74) is -0.164. The van der Waals surface area contributed by atoms with E-state index in [0.29, 0.717) is 15.3 Å². The van der Waals surface area contributed by atoms with Gasteiger partial charge in [0.05, 0.1) is 6.61 Å². The number of aliphatic hydroxyl groups excluding tert-OH is 1.